The second-order valence-electron chi connectivity index (χ2n) is 6.53. The van der Waals surface area contributed by atoms with Crippen LogP contribution in [0.15, 0.2) is 30.6 Å². The van der Waals surface area contributed by atoms with Gasteiger partial charge in [-0.05, 0) is 35.0 Å². The van der Waals surface area contributed by atoms with Crippen LogP contribution in [0.2, 0.25) is 0 Å². The first-order valence-electron chi connectivity index (χ1n) is 8.46. The Balaban J connectivity index is 1.58. The average Bonchev–Trinajstić information content (AvgIpc) is 3.40. The summed E-state index contributed by atoms with van der Waals surface area (Å²) >= 11 is 0. The van der Waals surface area contributed by atoms with Crippen molar-refractivity contribution < 1.29 is 19.2 Å². The van der Waals surface area contributed by atoms with E-state index in [-0.39, 0.29) is 6.54 Å². The molecule has 0 aliphatic carbocycles. The molecule has 2 aliphatic heterocycles. The lowest BCUT2D eigenvalue weighted by Gasteiger charge is -2.23. The quantitative estimate of drug-likeness (QED) is 0.643. The van der Waals surface area contributed by atoms with Gasteiger partial charge in [-0.3, -0.25) is 19.4 Å². The molecule has 12 heteroatoms. The number of hydrogen-bond donors (Lipinski definition) is 2. The summed E-state index contributed by atoms with van der Waals surface area (Å²) in [5, 5.41) is 16.1. The summed E-state index contributed by atoms with van der Waals surface area (Å²) in [6, 6.07) is 5.58. The molecule has 28 heavy (non-hydrogen) atoms. The zero-order chi connectivity index (χ0) is 19.9. The maximum Gasteiger partial charge on any atom is 0.325 e. The van der Waals surface area contributed by atoms with Crippen LogP contribution in [-0.4, -0.2) is 73.5 Å². The summed E-state index contributed by atoms with van der Waals surface area (Å²) in [5.41, 5.74) is -0.254. The lowest BCUT2D eigenvalue weighted by atomic mass is 9.91. The zero-order valence-corrected chi connectivity index (χ0v) is 14.8. The number of nitrogens with zero attached hydrogens (tertiary/aromatic N) is 6. The lowest BCUT2D eigenvalue weighted by molar-refractivity contribution is -0.137. The minimum atomic E-state index is -1.37. The van der Waals surface area contributed by atoms with Crippen molar-refractivity contribution in [3.8, 4) is 5.69 Å². The minimum Gasteiger partial charge on any atom is -0.336 e. The third kappa shape index (κ3) is 2.74. The molecular formula is C16H16N8O4. The third-order valence-electron chi connectivity index (χ3n) is 4.76. The highest BCUT2D eigenvalue weighted by molar-refractivity contribution is 6.10. The number of imide groups is 2. The molecule has 0 saturated carbocycles. The van der Waals surface area contributed by atoms with E-state index in [4.69, 9.17) is 0 Å². The molecule has 144 valence electrons. The van der Waals surface area contributed by atoms with Crippen LogP contribution in [0.4, 0.5) is 9.59 Å². The number of hydrogen-bond acceptors (Lipinski definition) is 7. The van der Waals surface area contributed by atoms with Gasteiger partial charge in [0.05, 0.1) is 5.69 Å². The highest BCUT2D eigenvalue weighted by Crippen LogP contribution is 2.30. The van der Waals surface area contributed by atoms with Gasteiger partial charge in [0, 0.05) is 13.1 Å². The Morgan fingerprint density at radius 1 is 1.25 bits per heavy atom. The number of aromatic nitrogens is 4. The van der Waals surface area contributed by atoms with Crippen LogP contribution in [-0.2, 0) is 15.1 Å². The summed E-state index contributed by atoms with van der Waals surface area (Å²) in [7, 11) is 0. The number of carbonyl (C=O) groups excluding carboxylic acids is 4. The Morgan fingerprint density at radius 3 is 2.75 bits per heavy atom. The van der Waals surface area contributed by atoms with Crippen molar-refractivity contribution in [2.45, 2.75) is 12.5 Å². The average molecular weight is 384 g/mol. The molecule has 1 atom stereocenters. The van der Waals surface area contributed by atoms with Gasteiger partial charge in [-0.15, -0.1) is 5.10 Å². The van der Waals surface area contributed by atoms with E-state index in [1.54, 1.807) is 31.2 Å². The molecule has 1 aromatic carbocycles. The SMILES string of the molecule is C[C@]1(c2cccc(-n3cnnn3)c2)NC(=O)N(CC(=O)N2CCNC2=O)C1=O. The van der Waals surface area contributed by atoms with Gasteiger partial charge in [0.15, 0.2) is 0 Å². The van der Waals surface area contributed by atoms with Crippen LogP contribution in [0, 0.1) is 0 Å². The van der Waals surface area contributed by atoms with Crippen molar-refractivity contribution in [1.82, 2.24) is 40.6 Å². The highest BCUT2D eigenvalue weighted by atomic mass is 16.2. The van der Waals surface area contributed by atoms with E-state index in [0.29, 0.717) is 17.8 Å². The third-order valence-corrected chi connectivity index (χ3v) is 4.76. The molecule has 0 spiro atoms. The molecule has 2 aliphatic rings. The van der Waals surface area contributed by atoms with Crippen molar-refractivity contribution >= 4 is 23.9 Å². The summed E-state index contributed by atoms with van der Waals surface area (Å²) in [4.78, 5) is 51.1. The van der Waals surface area contributed by atoms with Gasteiger partial charge in [0.2, 0.25) is 0 Å². The Kier molecular flexibility index (Phi) is 4.02. The van der Waals surface area contributed by atoms with E-state index in [9.17, 15) is 19.2 Å². The fourth-order valence-electron chi connectivity index (χ4n) is 3.21. The number of urea groups is 2. The Labute approximate surface area is 158 Å². The Bertz CT molecular complexity index is 975. The van der Waals surface area contributed by atoms with Gasteiger partial charge >= 0.3 is 12.1 Å². The molecule has 0 radical (unpaired) electrons. The smallest absolute Gasteiger partial charge is 0.325 e. The molecule has 3 heterocycles. The molecule has 2 aromatic rings. The number of carbonyl (C=O) groups is 4. The van der Waals surface area contributed by atoms with E-state index in [2.05, 4.69) is 26.2 Å². The van der Waals surface area contributed by atoms with Gasteiger partial charge in [-0.2, -0.15) is 0 Å². The highest BCUT2D eigenvalue weighted by Gasteiger charge is 2.50. The monoisotopic (exact) mass is 384 g/mol. The molecule has 6 amide bonds. The fourth-order valence-corrected chi connectivity index (χ4v) is 3.21. The molecule has 2 saturated heterocycles. The maximum atomic E-state index is 13.0. The summed E-state index contributed by atoms with van der Waals surface area (Å²) < 4.78 is 1.42. The van der Waals surface area contributed by atoms with Crippen molar-refractivity contribution in [3.05, 3.63) is 36.2 Å². The molecule has 0 bridgehead atoms. The summed E-state index contributed by atoms with van der Waals surface area (Å²) in [6.07, 6.45) is 1.41. The van der Waals surface area contributed by atoms with Crippen LogP contribution in [0.25, 0.3) is 5.69 Å². The van der Waals surface area contributed by atoms with Crippen LogP contribution in [0.3, 0.4) is 0 Å². The van der Waals surface area contributed by atoms with Crippen LogP contribution in [0.1, 0.15) is 12.5 Å². The van der Waals surface area contributed by atoms with Gasteiger partial charge in [0.1, 0.15) is 18.4 Å². The second-order valence-corrected chi connectivity index (χ2v) is 6.53. The number of tetrazole rings is 1. The number of nitrogens with one attached hydrogen (secondary N) is 2. The van der Waals surface area contributed by atoms with Gasteiger partial charge in [-0.1, -0.05) is 12.1 Å². The van der Waals surface area contributed by atoms with Crippen LogP contribution < -0.4 is 10.6 Å². The Hall–Kier alpha value is -3.83. The van der Waals surface area contributed by atoms with E-state index < -0.39 is 36.0 Å². The van der Waals surface area contributed by atoms with E-state index >= 15 is 0 Å². The number of benzene rings is 1. The first-order chi connectivity index (χ1) is 13.4. The normalized spacial score (nSPS) is 21.8. The van der Waals surface area contributed by atoms with Gasteiger partial charge in [0.25, 0.3) is 11.8 Å². The first-order valence-corrected chi connectivity index (χ1v) is 8.46. The largest absolute Gasteiger partial charge is 0.336 e. The molecule has 0 unspecified atom stereocenters. The van der Waals surface area contributed by atoms with Crippen LogP contribution >= 0.6 is 0 Å². The van der Waals surface area contributed by atoms with Gasteiger partial charge in [-0.25, -0.2) is 14.3 Å². The molecule has 12 nitrogen and oxygen atoms in total. The minimum absolute atomic E-state index is 0.201. The molecule has 2 N–H and O–H groups in total. The first kappa shape index (κ1) is 17.6. The van der Waals surface area contributed by atoms with Crippen molar-refractivity contribution in [2.75, 3.05) is 19.6 Å². The van der Waals surface area contributed by atoms with E-state index in [0.717, 1.165) is 9.80 Å². The number of amides is 6. The fraction of sp³-hybridized carbons (Fsp3) is 0.312. The van der Waals surface area contributed by atoms with E-state index in [1.807, 2.05) is 0 Å². The van der Waals surface area contributed by atoms with E-state index in [1.165, 1.54) is 11.0 Å². The predicted octanol–water partition coefficient (Wildman–Crippen LogP) is -1.02. The molecule has 2 fully saturated rings. The van der Waals surface area contributed by atoms with Crippen molar-refractivity contribution in [1.29, 1.82) is 0 Å². The predicted molar refractivity (Wildman–Crippen MR) is 91.9 cm³/mol. The molecular weight excluding hydrogens is 368 g/mol. The topological polar surface area (TPSA) is 142 Å². The Morgan fingerprint density at radius 2 is 2.07 bits per heavy atom. The molecule has 1 aromatic heterocycles. The summed E-state index contributed by atoms with van der Waals surface area (Å²) in [5.74, 6) is -1.20. The zero-order valence-electron chi connectivity index (χ0n) is 14.8. The van der Waals surface area contributed by atoms with Gasteiger partial charge < -0.3 is 10.6 Å². The van der Waals surface area contributed by atoms with Crippen LogP contribution in [0.5, 0.6) is 0 Å². The summed E-state index contributed by atoms with van der Waals surface area (Å²) in [6.45, 7) is 1.58. The maximum absolute atomic E-state index is 13.0. The van der Waals surface area contributed by atoms with Crippen molar-refractivity contribution in [3.63, 3.8) is 0 Å². The number of rotatable bonds is 4. The molecule has 4 rings (SSSR count). The standard InChI is InChI=1S/C16H16N8O4/c1-16(10-3-2-4-11(7-10)24-9-18-20-21-24)13(26)23(15(28)19-16)8-12(25)22-6-5-17-14(22)27/h2-4,7,9H,5-6,8H2,1H3,(H,17,27)(H,19,28)/t16-/m1/s1. The lowest BCUT2D eigenvalue weighted by Crippen LogP contribution is -2.45. The van der Waals surface area contributed by atoms with Crippen molar-refractivity contribution in [2.24, 2.45) is 0 Å². The second kappa shape index (κ2) is 6.40.